The first-order valence-electron chi connectivity index (χ1n) is 6.30. The fourth-order valence-electron chi connectivity index (χ4n) is 1.49. The van der Waals surface area contributed by atoms with E-state index in [1.807, 2.05) is 32.3 Å². The van der Waals surface area contributed by atoms with Crippen LogP contribution in [0.15, 0.2) is 11.3 Å². The first-order valence-corrected chi connectivity index (χ1v) is 6.30. The smallest absolute Gasteiger partial charge is 0.240 e. The number of ether oxygens (including phenoxy) is 1. The highest BCUT2D eigenvalue weighted by atomic mass is 16.5. The minimum Gasteiger partial charge on any atom is -0.477 e. The first kappa shape index (κ1) is 14.5. The molecule has 0 fully saturated rings. The molecular weight excluding hydrogens is 230 g/mol. The third-order valence-electron chi connectivity index (χ3n) is 2.57. The topological polar surface area (TPSA) is 91.5 Å². The summed E-state index contributed by atoms with van der Waals surface area (Å²) in [6.07, 6.45) is 2.14. The Hall–Kier alpha value is -1.56. The maximum Gasteiger partial charge on any atom is 0.240 e. The summed E-state index contributed by atoms with van der Waals surface area (Å²) in [6, 6.07) is 0.244. The molecule has 0 radical (unpaired) electrons. The van der Waals surface area contributed by atoms with E-state index in [4.69, 9.17) is 16.2 Å². The largest absolute Gasteiger partial charge is 0.477 e. The Bertz CT molecular complexity index is 411. The van der Waals surface area contributed by atoms with Crippen molar-refractivity contribution in [2.75, 3.05) is 12.3 Å². The van der Waals surface area contributed by atoms with Gasteiger partial charge in [0.05, 0.1) is 12.9 Å². The fraction of sp³-hybridized carbons (Fsp3) is 0.667. The highest BCUT2D eigenvalue weighted by Gasteiger charge is 2.17. The van der Waals surface area contributed by atoms with E-state index in [9.17, 15) is 0 Å². The lowest BCUT2D eigenvalue weighted by Gasteiger charge is -2.11. The van der Waals surface area contributed by atoms with Crippen molar-refractivity contribution in [3.63, 3.8) is 0 Å². The van der Waals surface area contributed by atoms with E-state index in [1.54, 1.807) is 6.33 Å². The summed E-state index contributed by atoms with van der Waals surface area (Å²) in [7, 11) is 0. The number of nitrogens with zero attached hydrogens (tertiary/aromatic N) is 3. The summed E-state index contributed by atoms with van der Waals surface area (Å²) in [6.45, 7) is 8.44. The van der Waals surface area contributed by atoms with E-state index in [0.717, 1.165) is 6.42 Å². The third kappa shape index (κ3) is 3.22. The van der Waals surface area contributed by atoms with E-state index in [1.165, 1.54) is 0 Å². The monoisotopic (exact) mass is 253 g/mol. The third-order valence-corrected chi connectivity index (χ3v) is 2.57. The lowest BCUT2D eigenvalue weighted by Crippen LogP contribution is -2.21. The second-order valence-corrected chi connectivity index (χ2v) is 4.32. The second-order valence-electron chi connectivity index (χ2n) is 4.32. The van der Waals surface area contributed by atoms with Gasteiger partial charge in [-0.3, -0.25) is 0 Å². The summed E-state index contributed by atoms with van der Waals surface area (Å²) in [5.74, 6) is 0.976. The van der Waals surface area contributed by atoms with Gasteiger partial charge in [0.25, 0.3) is 0 Å². The Morgan fingerprint density at radius 1 is 1.50 bits per heavy atom. The van der Waals surface area contributed by atoms with E-state index in [2.05, 4.69) is 9.98 Å². The number of aromatic nitrogens is 2. The van der Waals surface area contributed by atoms with Crippen LogP contribution in [0.1, 0.15) is 45.9 Å². The van der Waals surface area contributed by atoms with Crippen molar-refractivity contribution in [2.24, 2.45) is 10.7 Å². The molecule has 0 saturated carbocycles. The Morgan fingerprint density at radius 3 is 2.61 bits per heavy atom. The van der Waals surface area contributed by atoms with Crippen LogP contribution in [-0.2, 0) is 4.74 Å². The Morgan fingerprint density at radius 2 is 2.17 bits per heavy atom. The zero-order valence-electron chi connectivity index (χ0n) is 11.6. The molecule has 1 aromatic rings. The van der Waals surface area contributed by atoms with Gasteiger partial charge in [-0.15, -0.1) is 0 Å². The van der Waals surface area contributed by atoms with Crippen molar-refractivity contribution in [3.05, 3.63) is 12.0 Å². The molecule has 0 spiro atoms. The van der Waals surface area contributed by atoms with Gasteiger partial charge in [-0.05, 0) is 27.2 Å². The van der Waals surface area contributed by atoms with Gasteiger partial charge in [-0.2, -0.15) is 0 Å². The van der Waals surface area contributed by atoms with Gasteiger partial charge in [0.15, 0.2) is 5.69 Å². The van der Waals surface area contributed by atoms with Gasteiger partial charge in [-0.1, -0.05) is 6.92 Å². The molecule has 0 aliphatic heterocycles. The van der Waals surface area contributed by atoms with Gasteiger partial charge in [0.2, 0.25) is 5.90 Å². The van der Waals surface area contributed by atoms with Crippen LogP contribution in [-0.4, -0.2) is 28.2 Å². The van der Waals surface area contributed by atoms with Crippen molar-refractivity contribution in [1.29, 1.82) is 0 Å². The number of rotatable bonds is 5. The summed E-state index contributed by atoms with van der Waals surface area (Å²) in [4.78, 5) is 8.57. The number of hydrogen-bond acceptors (Lipinski definition) is 5. The van der Waals surface area contributed by atoms with Crippen molar-refractivity contribution >= 4 is 11.7 Å². The number of hydrogen-bond donors (Lipinski definition) is 2. The Kier molecular flexibility index (Phi) is 5.15. The molecule has 0 saturated heterocycles. The Balaban J connectivity index is 3.10. The van der Waals surface area contributed by atoms with Crippen LogP contribution in [0.2, 0.25) is 0 Å². The van der Waals surface area contributed by atoms with Crippen LogP contribution in [0, 0.1) is 0 Å². The molecule has 1 heterocycles. The van der Waals surface area contributed by atoms with Crippen LogP contribution in [0.25, 0.3) is 0 Å². The van der Waals surface area contributed by atoms with Crippen molar-refractivity contribution in [2.45, 2.75) is 46.3 Å². The number of nitrogen functional groups attached to an aromatic ring is 1. The molecule has 0 amide bonds. The van der Waals surface area contributed by atoms with Crippen molar-refractivity contribution < 1.29 is 4.74 Å². The molecule has 0 aromatic carbocycles. The van der Waals surface area contributed by atoms with Gasteiger partial charge in [0.1, 0.15) is 12.0 Å². The average Bonchev–Trinajstić information content (AvgIpc) is 2.70. The maximum absolute atomic E-state index is 6.05. The van der Waals surface area contributed by atoms with Crippen molar-refractivity contribution in [1.82, 2.24) is 9.55 Å². The molecule has 1 unspecified atom stereocenters. The molecule has 1 aromatic heterocycles. The quantitative estimate of drug-likeness (QED) is 0.615. The molecule has 1 rings (SSSR count). The van der Waals surface area contributed by atoms with E-state index in [-0.39, 0.29) is 12.2 Å². The SMILES string of the molecule is CCOC(=NC(N)CC)c1ncn(C(C)C)c1N. The average molecular weight is 253 g/mol. The molecule has 6 nitrogen and oxygen atoms in total. The van der Waals surface area contributed by atoms with E-state index < -0.39 is 0 Å². The molecular formula is C12H23N5O. The lowest BCUT2D eigenvalue weighted by molar-refractivity contribution is 0.324. The molecule has 102 valence electrons. The van der Waals surface area contributed by atoms with Crippen LogP contribution < -0.4 is 11.5 Å². The van der Waals surface area contributed by atoms with Crippen LogP contribution in [0.5, 0.6) is 0 Å². The Labute approximate surface area is 108 Å². The van der Waals surface area contributed by atoms with Crippen molar-refractivity contribution in [3.8, 4) is 0 Å². The van der Waals surface area contributed by atoms with E-state index in [0.29, 0.717) is 24.0 Å². The highest BCUT2D eigenvalue weighted by Crippen LogP contribution is 2.17. The van der Waals surface area contributed by atoms with Gasteiger partial charge >= 0.3 is 0 Å². The predicted octanol–water partition coefficient (Wildman–Crippen LogP) is 1.52. The second kappa shape index (κ2) is 6.39. The summed E-state index contributed by atoms with van der Waals surface area (Å²) in [5, 5.41) is 0. The number of aliphatic imine (C=N–C) groups is 1. The number of anilines is 1. The first-order chi connectivity index (χ1) is 8.51. The maximum atomic E-state index is 6.05. The summed E-state index contributed by atoms with van der Waals surface area (Å²) >= 11 is 0. The molecule has 18 heavy (non-hydrogen) atoms. The molecule has 0 bridgehead atoms. The minimum atomic E-state index is -0.296. The van der Waals surface area contributed by atoms with Crippen LogP contribution in [0.4, 0.5) is 5.82 Å². The lowest BCUT2D eigenvalue weighted by atomic mass is 10.3. The van der Waals surface area contributed by atoms with Crippen LogP contribution >= 0.6 is 0 Å². The van der Waals surface area contributed by atoms with Gasteiger partial charge < -0.3 is 20.8 Å². The summed E-state index contributed by atoms with van der Waals surface area (Å²) in [5.41, 5.74) is 12.4. The zero-order valence-corrected chi connectivity index (χ0v) is 11.6. The standard InChI is InChI=1S/C12H23N5O/c1-5-9(13)16-12(18-6-2)10-11(14)17(7-15-10)8(3)4/h7-9H,5-6,13-14H2,1-4H3. The highest BCUT2D eigenvalue weighted by molar-refractivity contribution is 5.96. The normalized spacial score (nSPS) is 14.0. The van der Waals surface area contributed by atoms with Gasteiger partial charge in [-0.25, -0.2) is 9.98 Å². The molecule has 4 N–H and O–H groups in total. The van der Waals surface area contributed by atoms with Gasteiger partial charge in [0, 0.05) is 6.04 Å². The minimum absolute atomic E-state index is 0.244. The molecule has 6 heteroatoms. The van der Waals surface area contributed by atoms with Crippen LogP contribution in [0.3, 0.4) is 0 Å². The molecule has 1 atom stereocenters. The molecule has 0 aliphatic carbocycles. The summed E-state index contributed by atoms with van der Waals surface area (Å²) < 4.78 is 7.36. The predicted molar refractivity (Wildman–Crippen MR) is 73.5 cm³/mol. The molecule has 0 aliphatic rings. The zero-order chi connectivity index (χ0) is 13.7. The fourth-order valence-corrected chi connectivity index (χ4v) is 1.49. The number of imidazole rings is 1. The number of nitrogens with two attached hydrogens (primary N) is 2. The van der Waals surface area contributed by atoms with E-state index >= 15 is 0 Å².